The van der Waals surface area contributed by atoms with Crippen LogP contribution in [0.5, 0.6) is 0 Å². The van der Waals surface area contributed by atoms with Gasteiger partial charge < -0.3 is 24.6 Å². The lowest BCUT2D eigenvalue weighted by Crippen LogP contribution is -2.39. The van der Waals surface area contributed by atoms with Crippen LogP contribution in [0.4, 0.5) is 5.69 Å². The highest BCUT2D eigenvalue weighted by Crippen LogP contribution is 2.40. The number of carbonyl (C=O) groups excluding carboxylic acids is 3. The van der Waals surface area contributed by atoms with Crippen LogP contribution >= 0.6 is 0 Å². The number of amides is 1. The van der Waals surface area contributed by atoms with Crippen molar-refractivity contribution in [1.29, 1.82) is 0 Å². The minimum absolute atomic E-state index is 0.0616. The van der Waals surface area contributed by atoms with E-state index >= 15 is 0 Å². The predicted octanol–water partition coefficient (Wildman–Crippen LogP) is 1.63. The van der Waals surface area contributed by atoms with Crippen LogP contribution in [0.2, 0.25) is 0 Å². The molecule has 4 atom stereocenters. The maximum Gasteiger partial charge on any atom is 0.338 e. The number of ether oxygens (including phenoxy) is 3. The summed E-state index contributed by atoms with van der Waals surface area (Å²) >= 11 is 0. The number of carboxylic acid groups (broad SMARTS) is 1. The van der Waals surface area contributed by atoms with E-state index in [0.717, 1.165) is 0 Å². The molecule has 1 fully saturated rings. The van der Waals surface area contributed by atoms with E-state index in [1.807, 2.05) is 0 Å². The molecule has 0 unspecified atom stereocenters. The van der Waals surface area contributed by atoms with Crippen molar-refractivity contribution in [3.63, 3.8) is 0 Å². The first-order chi connectivity index (χ1) is 13.8. The molecule has 0 radical (unpaired) electrons. The van der Waals surface area contributed by atoms with Crippen molar-refractivity contribution in [2.45, 2.75) is 26.1 Å². The number of anilines is 1. The Balaban J connectivity index is 1.88. The Bertz CT molecular complexity index is 841. The van der Waals surface area contributed by atoms with Crippen LogP contribution in [0.15, 0.2) is 30.4 Å². The second-order valence-electron chi connectivity index (χ2n) is 6.57. The molecule has 1 saturated heterocycles. The standard InChI is InChI=1S/C20H21NO8/c1-3-27-19(25)10-7-11(20(26)28-4-2)9-12(8-10)21-17(22)15-13-5-6-14(29-13)16(15)18(23)24/h5-9,13-16H,3-4H2,1-2H3,(H,21,22)(H,23,24)/t13-,14+,15-,16-/m0/s1. The van der Waals surface area contributed by atoms with Gasteiger partial charge in [-0.3, -0.25) is 9.59 Å². The van der Waals surface area contributed by atoms with Gasteiger partial charge in [-0.05, 0) is 32.0 Å². The molecule has 1 aromatic rings. The number of esters is 2. The van der Waals surface area contributed by atoms with E-state index in [-0.39, 0.29) is 30.0 Å². The second-order valence-corrected chi connectivity index (χ2v) is 6.57. The Morgan fingerprint density at radius 1 is 0.931 bits per heavy atom. The fourth-order valence-electron chi connectivity index (χ4n) is 3.50. The summed E-state index contributed by atoms with van der Waals surface area (Å²) in [6.07, 6.45) is 1.99. The quantitative estimate of drug-likeness (QED) is 0.519. The molecule has 29 heavy (non-hydrogen) atoms. The average Bonchev–Trinajstić information content (AvgIpc) is 3.29. The van der Waals surface area contributed by atoms with Gasteiger partial charge in [0, 0.05) is 5.69 Å². The van der Waals surface area contributed by atoms with Crippen LogP contribution in [-0.2, 0) is 23.8 Å². The number of hydrogen-bond donors (Lipinski definition) is 2. The Kier molecular flexibility index (Phi) is 5.97. The fraction of sp³-hybridized carbons (Fsp3) is 0.400. The third kappa shape index (κ3) is 4.14. The average molecular weight is 403 g/mol. The largest absolute Gasteiger partial charge is 0.481 e. The van der Waals surface area contributed by atoms with E-state index in [1.165, 1.54) is 18.2 Å². The Hall–Kier alpha value is -3.20. The number of fused-ring (bicyclic) bond motifs is 2. The Morgan fingerprint density at radius 2 is 1.45 bits per heavy atom. The van der Waals surface area contributed by atoms with Crippen LogP contribution in [0.3, 0.4) is 0 Å². The summed E-state index contributed by atoms with van der Waals surface area (Å²) in [5, 5.41) is 12.1. The topological polar surface area (TPSA) is 128 Å². The van der Waals surface area contributed by atoms with Crippen molar-refractivity contribution in [2.75, 3.05) is 18.5 Å². The smallest absolute Gasteiger partial charge is 0.338 e. The first kappa shape index (κ1) is 20.5. The zero-order valence-electron chi connectivity index (χ0n) is 15.9. The molecule has 2 heterocycles. The van der Waals surface area contributed by atoms with Crippen molar-refractivity contribution < 1.29 is 38.5 Å². The lowest BCUT2D eigenvalue weighted by Gasteiger charge is -2.21. The molecule has 0 saturated carbocycles. The van der Waals surface area contributed by atoms with E-state index in [9.17, 15) is 24.3 Å². The third-order valence-electron chi connectivity index (χ3n) is 4.71. The molecule has 0 spiro atoms. The SMILES string of the molecule is CCOC(=O)c1cc(NC(=O)[C@@H]2[C@@H](C(=O)O)[C@H]3C=C[C@@H]2O3)cc(C(=O)OCC)c1. The molecule has 2 aliphatic heterocycles. The molecular formula is C20H21NO8. The normalized spacial score (nSPS) is 24.2. The van der Waals surface area contributed by atoms with E-state index in [2.05, 4.69) is 5.32 Å². The molecule has 2 N–H and O–H groups in total. The second kappa shape index (κ2) is 8.44. The van der Waals surface area contributed by atoms with Crippen molar-refractivity contribution in [3.05, 3.63) is 41.5 Å². The Morgan fingerprint density at radius 3 is 1.93 bits per heavy atom. The highest BCUT2D eigenvalue weighted by Gasteiger charge is 2.53. The molecule has 3 rings (SSSR count). The molecule has 2 aliphatic rings. The van der Waals surface area contributed by atoms with Crippen LogP contribution in [0.1, 0.15) is 34.6 Å². The van der Waals surface area contributed by atoms with Crippen molar-refractivity contribution in [1.82, 2.24) is 0 Å². The third-order valence-corrected chi connectivity index (χ3v) is 4.71. The van der Waals surface area contributed by atoms with E-state index in [0.29, 0.717) is 0 Å². The number of nitrogens with one attached hydrogen (secondary N) is 1. The first-order valence-corrected chi connectivity index (χ1v) is 9.22. The summed E-state index contributed by atoms with van der Waals surface area (Å²) in [5.41, 5.74) is 0.276. The zero-order chi connectivity index (χ0) is 21.1. The summed E-state index contributed by atoms with van der Waals surface area (Å²) in [5.74, 6) is -4.98. The molecule has 2 bridgehead atoms. The van der Waals surface area contributed by atoms with Gasteiger partial charge in [0.1, 0.15) is 5.92 Å². The summed E-state index contributed by atoms with van der Waals surface area (Å²) in [6.45, 7) is 3.56. The fourth-order valence-corrected chi connectivity index (χ4v) is 3.50. The molecule has 0 aromatic heterocycles. The molecular weight excluding hydrogens is 382 g/mol. The van der Waals surface area contributed by atoms with Gasteiger partial charge >= 0.3 is 17.9 Å². The maximum absolute atomic E-state index is 12.8. The van der Waals surface area contributed by atoms with Crippen LogP contribution in [0.25, 0.3) is 0 Å². The van der Waals surface area contributed by atoms with E-state index in [4.69, 9.17) is 14.2 Å². The van der Waals surface area contributed by atoms with Crippen molar-refractivity contribution in [2.24, 2.45) is 11.8 Å². The molecule has 154 valence electrons. The molecule has 9 heteroatoms. The highest BCUT2D eigenvalue weighted by atomic mass is 16.5. The van der Waals surface area contributed by atoms with Crippen LogP contribution in [0, 0.1) is 11.8 Å². The summed E-state index contributed by atoms with van der Waals surface area (Å²) in [7, 11) is 0. The molecule has 0 aliphatic carbocycles. The molecule has 1 amide bonds. The van der Waals surface area contributed by atoms with Gasteiger partial charge in [0.2, 0.25) is 5.91 Å². The number of benzene rings is 1. The number of rotatable bonds is 7. The molecule has 9 nitrogen and oxygen atoms in total. The summed E-state index contributed by atoms with van der Waals surface area (Å²) < 4.78 is 15.4. The van der Waals surface area contributed by atoms with Gasteiger partial charge in [0.15, 0.2) is 0 Å². The van der Waals surface area contributed by atoms with Gasteiger partial charge in [-0.1, -0.05) is 12.2 Å². The lowest BCUT2D eigenvalue weighted by atomic mass is 9.82. The van der Waals surface area contributed by atoms with E-state index in [1.54, 1.807) is 26.0 Å². The molecule has 1 aromatic carbocycles. The van der Waals surface area contributed by atoms with Crippen LogP contribution < -0.4 is 5.32 Å². The van der Waals surface area contributed by atoms with Crippen LogP contribution in [-0.4, -0.2) is 54.3 Å². The summed E-state index contributed by atoms with van der Waals surface area (Å²) in [4.78, 5) is 48.6. The first-order valence-electron chi connectivity index (χ1n) is 9.22. The zero-order valence-corrected chi connectivity index (χ0v) is 15.9. The monoisotopic (exact) mass is 403 g/mol. The number of carbonyl (C=O) groups is 4. The minimum atomic E-state index is -1.13. The minimum Gasteiger partial charge on any atom is -0.481 e. The number of hydrogen-bond acceptors (Lipinski definition) is 7. The van der Waals surface area contributed by atoms with Gasteiger partial charge in [0.25, 0.3) is 0 Å². The summed E-state index contributed by atoms with van der Waals surface area (Å²) in [6, 6.07) is 4.03. The van der Waals surface area contributed by atoms with Crippen molar-refractivity contribution in [3.8, 4) is 0 Å². The number of carboxylic acids is 1. The predicted molar refractivity (Wildman–Crippen MR) is 99.4 cm³/mol. The van der Waals surface area contributed by atoms with Gasteiger partial charge in [-0.2, -0.15) is 0 Å². The van der Waals surface area contributed by atoms with Gasteiger partial charge in [-0.15, -0.1) is 0 Å². The lowest BCUT2D eigenvalue weighted by molar-refractivity contribution is -0.145. The van der Waals surface area contributed by atoms with Crippen molar-refractivity contribution >= 4 is 29.5 Å². The van der Waals surface area contributed by atoms with E-state index < -0.39 is 47.9 Å². The maximum atomic E-state index is 12.8. The Labute approximate surface area is 166 Å². The number of aliphatic carboxylic acids is 1. The van der Waals surface area contributed by atoms with Gasteiger partial charge in [-0.25, -0.2) is 9.59 Å². The highest BCUT2D eigenvalue weighted by molar-refractivity contribution is 6.01. The van der Waals surface area contributed by atoms with Gasteiger partial charge in [0.05, 0.1) is 42.5 Å².